The van der Waals surface area contributed by atoms with E-state index < -0.39 is 0 Å². The predicted molar refractivity (Wildman–Crippen MR) is 80.4 cm³/mol. The molecule has 1 heterocycles. The standard InChI is InChI=1S/C14H15N5O2/c1-9(20)15-12-8-13(17-11-6-4-3-5-7-11)19-14(18-12)16-10(2)21/h3-8H,1-2H3,(H3,15,16,17,18,19,20,21). The van der Waals surface area contributed by atoms with Gasteiger partial charge in [-0.15, -0.1) is 0 Å². The highest BCUT2D eigenvalue weighted by atomic mass is 16.2. The summed E-state index contributed by atoms with van der Waals surface area (Å²) in [6.07, 6.45) is 0. The minimum atomic E-state index is -0.291. The number of amides is 2. The van der Waals surface area contributed by atoms with E-state index in [1.807, 2.05) is 30.3 Å². The number of hydrogen-bond acceptors (Lipinski definition) is 5. The molecule has 2 aromatic rings. The van der Waals surface area contributed by atoms with Crippen LogP contribution in [0.4, 0.5) is 23.3 Å². The molecule has 0 aliphatic rings. The second-order valence-corrected chi connectivity index (χ2v) is 4.32. The van der Waals surface area contributed by atoms with Gasteiger partial charge in [0.15, 0.2) is 0 Å². The summed E-state index contributed by atoms with van der Waals surface area (Å²) >= 11 is 0. The van der Waals surface area contributed by atoms with Crippen LogP contribution in [0.5, 0.6) is 0 Å². The summed E-state index contributed by atoms with van der Waals surface area (Å²) in [5, 5.41) is 8.13. The maximum Gasteiger partial charge on any atom is 0.233 e. The molecular weight excluding hydrogens is 270 g/mol. The third kappa shape index (κ3) is 4.57. The molecule has 0 saturated carbocycles. The van der Waals surface area contributed by atoms with Gasteiger partial charge in [-0.05, 0) is 12.1 Å². The van der Waals surface area contributed by atoms with Gasteiger partial charge in [0.05, 0.1) is 0 Å². The molecule has 0 saturated heterocycles. The highest BCUT2D eigenvalue weighted by molar-refractivity contribution is 5.90. The van der Waals surface area contributed by atoms with E-state index in [9.17, 15) is 9.59 Å². The molecule has 0 bridgehead atoms. The van der Waals surface area contributed by atoms with Gasteiger partial charge in [-0.2, -0.15) is 9.97 Å². The topological polar surface area (TPSA) is 96.0 Å². The lowest BCUT2D eigenvalue weighted by atomic mass is 10.3. The normalized spacial score (nSPS) is 9.81. The van der Waals surface area contributed by atoms with Crippen molar-refractivity contribution in [2.45, 2.75) is 13.8 Å². The van der Waals surface area contributed by atoms with Crippen molar-refractivity contribution in [3.05, 3.63) is 36.4 Å². The minimum absolute atomic E-state index is 0.118. The lowest BCUT2D eigenvalue weighted by Crippen LogP contribution is -2.13. The average Bonchev–Trinajstić information content (AvgIpc) is 2.37. The summed E-state index contributed by atoms with van der Waals surface area (Å²) in [6, 6.07) is 11.0. The van der Waals surface area contributed by atoms with Crippen LogP contribution in [-0.2, 0) is 9.59 Å². The quantitative estimate of drug-likeness (QED) is 0.799. The molecule has 0 aliphatic heterocycles. The van der Waals surface area contributed by atoms with Gasteiger partial charge in [0.2, 0.25) is 17.8 Å². The summed E-state index contributed by atoms with van der Waals surface area (Å²) in [6.45, 7) is 2.74. The molecule has 0 atom stereocenters. The van der Waals surface area contributed by atoms with Gasteiger partial charge in [0.25, 0.3) is 0 Å². The highest BCUT2D eigenvalue weighted by Gasteiger charge is 2.07. The lowest BCUT2D eigenvalue weighted by molar-refractivity contribution is -0.115. The number of nitrogens with zero attached hydrogens (tertiary/aromatic N) is 2. The molecule has 0 radical (unpaired) electrons. The SMILES string of the molecule is CC(=O)Nc1cc(Nc2ccccc2)nc(NC(C)=O)n1. The monoisotopic (exact) mass is 285 g/mol. The van der Waals surface area contributed by atoms with Crippen molar-refractivity contribution < 1.29 is 9.59 Å². The van der Waals surface area contributed by atoms with Crippen molar-refractivity contribution in [2.75, 3.05) is 16.0 Å². The summed E-state index contributed by atoms with van der Waals surface area (Å²) in [4.78, 5) is 30.5. The van der Waals surface area contributed by atoms with Crippen LogP contribution in [0, 0.1) is 0 Å². The van der Waals surface area contributed by atoms with Gasteiger partial charge in [0, 0.05) is 25.6 Å². The Morgan fingerprint density at radius 2 is 1.52 bits per heavy atom. The Hall–Kier alpha value is -2.96. The molecule has 1 aromatic heterocycles. The van der Waals surface area contributed by atoms with Gasteiger partial charge >= 0.3 is 0 Å². The molecule has 21 heavy (non-hydrogen) atoms. The minimum Gasteiger partial charge on any atom is -0.340 e. The molecule has 0 spiro atoms. The van der Waals surface area contributed by atoms with Gasteiger partial charge in [0.1, 0.15) is 11.6 Å². The van der Waals surface area contributed by atoms with E-state index in [1.165, 1.54) is 13.8 Å². The van der Waals surface area contributed by atoms with E-state index >= 15 is 0 Å². The van der Waals surface area contributed by atoms with Gasteiger partial charge in [-0.1, -0.05) is 18.2 Å². The number of nitrogens with one attached hydrogen (secondary N) is 3. The van der Waals surface area contributed by atoms with Crippen molar-refractivity contribution in [3.63, 3.8) is 0 Å². The van der Waals surface area contributed by atoms with E-state index in [0.29, 0.717) is 11.6 Å². The summed E-state index contributed by atoms with van der Waals surface area (Å²) in [5.41, 5.74) is 0.832. The fourth-order valence-corrected chi connectivity index (χ4v) is 1.64. The molecule has 108 valence electrons. The zero-order valence-electron chi connectivity index (χ0n) is 11.7. The Kier molecular flexibility index (Phi) is 4.45. The summed E-state index contributed by atoms with van der Waals surface area (Å²) in [7, 11) is 0. The van der Waals surface area contributed by atoms with Crippen LogP contribution in [0.3, 0.4) is 0 Å². The zero-order valence-corrected chi connectivity index (χ0v) is 11.7. The van der Waals surface area contributed by atoms with Crippen LogP contribution in [0.2, 0.25) is 0 Å². The Bertz CT molecular complexity index is 623. The maximum atomic E-state index is 11.1. The van der Waals surface area contributed by atoms with E-state index in [2.05, 4.69) is 25.9 Å². The van der Waals surface area contributed by atoms with E-state index in [0.717, 1.165) is 5.69 Å². The van der Waals surface area contributed by atoms with Crippen LogP contribution in [0.1, 0.15) is 13.8 Å². The molecule has 7 heteroatoms. The number of anilines is 4. The van der Waals surface area contributed by atoms with Crippen LogP contribution < -0.4 is 16.0 Å². The Balaban J connectivity index is 2.30. The molecular formula is C14H15N5O2. The van der Waals surface area contributed by atoms with Crippen molar-refractivity contribution in [1.29, 1.82) is 0 Å². The van der Waals surface area contributed by atoms with Crippen molar-refractivity contribution in [2.24, 2.45) is 0 Å². The first kappa shape index (κ1) is 14.4. The molecule has 7 nitrogen and oxygen atoms in total. The summed E-state index contributed by atoms with van der Waals surface area (Å²) in [5.74, 6) is 0.337. The number of aromatic nitrogens is 2. The highest BCUT2D eigenvalue weighted by Crippen LogP contribution is 2.19. The Morgan fingerprint density at radius 3 is 2.14 bits per heavy atom. The lowest BCUT2D eigenvalue weighted by Gasteiger charge is -2.10. The van der Waals surface area contributed by atoms with Crippen molar-refractivity contribution in [1.82, 2.24) is 9.97 Å². The number of benzene rings is 1. The molecule has 2 rings (SSSR count). The van der Waals surface area contributed by atoms with Crippen molar-refractivity contribution >= 4 is 35.1 Å². The second kappa shape index (κ2) is 6.47. The first-order valence-corrected chi connectivity index (χ1v) is 6.29. The van der Waals surface area contributed by atoms with Crippen molar-refractivity contribution in [3.8, 4) is 0 Å². The zero-order chi connectivity index (χ0) is 15.2. The number of carbonyl (C=O) groups is 2. The number of hydrogen-bond donors (Lipinski definition) is 3. The smallest absolute Gasteiger partial charge is 0.233 e. The Morgan fingerprint density at radius 1 is 0.905 bits per heavy atom. The fourth-order valence-electron chi connectivity index (χ4n) is 1.64. The maximum absolute atomic E-state index is 11.1. The van der Waals surface area contributed by atoms with Crippen LogP contribution in [-0.4, -0.2) is 21.8 Å². The predicted octanol–water partition coefficient (Wildman–Crippen LogP) is 2.14. The van der Waals surface area contributed by atoms with E-state index in [1.54, 1.807) is 6.07 Å². The van der Waals surface area contributed by atoms with E-state index in [4.69, 9.17) is 0 Å². The van der Waals surface area contributed by atoms with Crippen LogP contribution in [0.25, 0.3) is 0 Å². The average molecular weight is 285 g/mol. The van der Waals surface area contributed by atoms with Gasteiger partial charge in [-0.3, -0.25) is 14.9 Å². The fraction of sp³-hybridized carbons (Fsp3) is 0.143. The summed E-state index contributed by atoms with van der Waals surface area (Å²) < 4.78 is 0. The third-order valence-electron chi connectivity index (χ3n) is 2.36. The van der Waals surface area contributed by atoms with Gasteiger partial charge < -0.3 is 10.6 Å². The molecule has 0 fully saturated rings. The largest absolute Gasteiger partial charge is 0.340 e. The second-order valence-electron chi connectivity index (χ2n) is 4.32. The number of carbonyl (C=O) groups excluding carboxylic acids is 2. The first-order valence-electron chi connectivity index (χ1n) is 6.29. The van der Waals surface area contributed by atoms with Crippen LogP contribution >= 0.6 is 0 Å². The van der Waals surface area contributed by atoms with Crippen LogP contribution in [0.15, 0.2) is 36.4 Å². The molecule has 0 unspecified atom stereocenters. The molecule has 2 amide bonds. The molecule has 3 N–H and O–H groups in total. The van der Waals surface area contributed by atoms with E-state index in [-0.39, 0.29) is 17.8 Å². The number of para-hydroxylation sites is 1. The molecule has 0 aliphatic carbocycles. The Labute approximate surface area is 121 Å². The third-order valence-corrected chi connectivity index (χ3v) is 2.36. The van der Waals surface area contributed by atoms with Gasteiger partial charge in [-0.25, -0.2) is 0 Å². The molecule has 1 aromatic carbocycles. The first-order chi connectivity index (χ1) is 10.0. The number of rotatable bonds is 4.